The predicted octanol–water partition coefficient (Wildman–Crippen LogP) is 6.31. The molecule has 0 amide bonds. The van der Waals surface area contributed by atoms with Crippen LogP contribution in [0.4, 0.5) is 0 Å². The molecule has 0 radical (unpaired) electrons. The molecule has 0 bridgehead atoms. The molecule has 0 fully saturated rings. The quantitative estimate of drug-likeness (QED) is 0.272. The predicted molar refractivity (Wildman–Crippen MR) is 92.3 cm³/mol. The average Bonchev–Trinajstić information content (AvgIpc) is 2.36. The maximum atomic E-state index is 4.60. The molecule has 0 aromatic heterocycles. The summed E-state index contributed by atoms with van der Waals surface area (Å²) < 4.78 is 0. The molecule has 110 valence electrons. The number of rotatable bonds is 14. The van der Waals surface area contributed by atoms with Crippen LogP contribution in [0.5, 0.6) is 0 Å². The minimum absolute atomic E-state index is 0.654. The topological polar surface area (TPSA) is 0 Å². The molecule has 0 rings (SSSR count). The lowest BCUT2D eigenvalue weighted by Crippen LogP contribution is -1.97. The monoisotopic (exact) mass is 290 g/mol. The van der Waals surface area contributed by atoms with Gasteiger partial charge in [0.15, 0.2) is 0 Å². The Kier molecular flexibility index (Phi) is 16.4. The molecule has 2 heteroatoms. The Hall–Kier alpha value is 0.700. The lowest BCUT2D eigenvalue weighted by molar-refractivity contribution is 0.542. The van der Waals surface area contributed by atoms with Crippen LogP contribution >= 0.6 is 25.3 Å². The molecule has 0 saturated heterocycles. The Morgan fingerprint density at radius 2 is 1.11 bits per heavy atom. The fourth-order valence-electron chi connectivity index (χ4n) is 2.38. The van der Waals surface area contributed by atoms with E-state index in [2.05, 4.69) is 32.2 Å². The Bertz CT molecular complexity index is 148. The van der Waals surface area contributed by atoms with Crippen LogP contribution in [-0.4, -0.2) is 11.0 Å². The summed E-state index contributed by atoms with van der Waals surface area (Å²) in [5, 5.41) is 0.654. The second-order valence-electron chi connectivity index (χ2n) is 5.49. The summed E-state index contributed by atoms with van der Waals surface area (Å²) in [4.78, 5) is 0. The van der Waals surface area contributed by atoms with Gasteiger partial charge in [0.05, 0.1) is 0 Å². The van der Waals surface area contributed by atoms with Gasteiger partial charge in [-0.1, -0.05) is 71.1 Å². The van der Waals surface area contributed by atoms with Crippen molar-refractivity contribution in [1.82, 2.24) is 0 Å². The zero-order valence-corrected chi connectivity index (χ0v) is 14.2. The van der Waals surface area contributed by atoms with Crippen LogP contribution in [0.15, 0.2) is 0 Å². The van der Waals surface area contributed by atoms with Crippen molar-refractivity contribution in [2.75, 3.05) is 5.75 Å². The third-order valence-corrected chi connectivity index (χ3v) is 4.40. The van der Waals surface area contributed by atoms with Gasteiger partial charge in [-0.2, -0.15) is 25.3 Å². The SMILES string of the molecule is CCCC(S)CCCCCCCCCCCCS. The molecule has 0 aliphatic carbocycles. The molecule has 1 unspecified atom stereocenters. The van der Waals surface area contributed by atoms with Gasteiger partial charge < -0.3 is 0 Å². The standard InChI is InChI=1S/C16H34S2/c1-2-13-16(18)14-11-9-7-5-3-4-6-8-10-12-15-17/h16-18H,2-15H2,1H3. The molecule has 0 aromatic rings. The summed E-state index contributed by atoms with van der Waals surface area (Å²) >= 11 is 8.84. The van der Waals surface area contributed by atoms with Crippen molar-refractivity contribution in [2.45, 2.75) is 95.6 Å². The molecule has 0 heterocycles. The van der Waals surface area contributed by atoms with Crippen LogP contribution in [0.1, 0.15) is 90.4 Å². The highest BCUT2D eigenvalue weighted by molar-refractivity contribution is 7.81. The molecule has 1 atom stereocenters. The van der Waals surface area contributed by atoms with Gasteiger partial charge in [-0.3, -0.25) is 0 Å². The average molecular weight is 291 g/mol. The Morgan fingerprint density at radius 1 is 0.667 bits per heavy atom. The first-order valence-electron chi connectivity index (χ1n) is 8.10. The van der Waals surface area contributed by atoms with Crippen LogP contribution in [0.25, 0.3) is 0 Å². The third-order valence-electron chi connectivity index (χ3n) is 3.57. The van der Waals surface area contributed by atoms with Crippen molar-refractivity contribution in [3.05, 3.63) is 0 Å². The third kappa shape index (κ3) is 14.8. The Labute approximate surface area is 127 Å². The molecule has 0 aliphatic heterocycles. The summed E-state index contributed by atoms with van der Waals surface area (Å²) in [7, 11) is 0. The van der Waals surface area contributed by atoms with Gasteiger partial charge in [-0.25, -0.2) is 0 Å². The smallest absolute Gasteiger partial charge is 0.00167 e. The first kappa shape index (κ1) is 18.7. The molecule has 18 heavy (non-hydrogen) atoms. The maximum Gasteiger partial charge on any atom is 0.00167 e. The van der Waals surface area contributed by atoms with E-state index in [0.717, 1.165) is 5.75 Å². The number of unbranched alkanes of at least 4 members (excludes halogenated alkanes) is 9. The fraction of sp³-hybridized carbons (Fsp3) is 1.00. The fourth-order valence-corrected chi connectivity index (χ4v) is 3.05. The van der Waals surface area contributed by atoms with Gasteiger partial charge in [0, 0.05) is 5.25 Å². The van der Waals surface area contributed by atoms with Gasteiger partial charge in [-0.15, -0.1) is 0 Å². The van der Waals surface area contributed by atoms with E-state index in [4.69, 9.17) is 0 Å². The van der Waals surface area contributed by atoms with Crippen LogP contribution in [-0.2, 0) is 0 Å². The van der Waals surface area contributed by atoms with Gasteiger partial charge in [0.25, 0.3) is 0 Å². The summed E-state index contributed by atoms with van der Waals surface area (Å²) in [6.07, 6.45) is 18.0. The summed E-state index contributed by atoms with van der Waals surface area (Å²) in [5.74, 6) is 1.06. The van der Waals surface area contributed by atoms with E-state index in [1.807, 2.05) is 0 Å². The zero-order valence-electron chi connectivity index (χ0n) is 12.4. The second kappa shape index (κ2) is 15.8. The molecule has 0 spiro atoms. The molecule has 0 saturated carbocycles. The number of hydrogen-bond acceptors (Lipinski definition) is 2. The Morgan fingerprint density at radius 3 is 1.56 bits per heavy atom. The lowest BCUT2D eigenvalue weighted by Gasteiger charge is -2.08. The molecular formula is C16H34S2. The first-order valence-corrected chi connectivity index (χ1v) is 9.25. The summed E-state index contributed by atoms with van der Waals surface area (Å²) in [6, 6.07) is 0. The van der Waals surface area contributed by atoms with Crippen molar-refractivity contribution >= 4 is 25.3 Å². The van der Waals surface area contributed by atoms with E-state index in [1.165, 1.54) is 83.5 Å². The maximum absolute atomic E-state index is 4.60. The van der Waals surface area contributed by atoms with E-state index in [1.54, 1.807) is 0 Å². The highest BCUT2D eigenvalue weighted by atomic mass is 32.1. The van der Waals surface area contributed by atoms with E-state index in [9.17, 15) is 0 Å². The van der Waals surface area contributed by atoms with E-state index in [0.29, 0.717) is 5.25 Å². The van der Waals surface area contributed by atoms with Crippen molar-refractivity contribution in [3.63, 3.8) is 0 Å². The molecule has 0 aromatic carbocycles. The minimum atomic E-state index is 0.654. The Balaban J connectivity index is 2.98. The van der Waals surface area contributed by atoms with Gasteiger partial charge in [0.1, 0.15) is 0 Å². The lowest BCUT2D eigenvalue weighted by atomic mass is 10.0. The van der Waals surface area contributed by atoms with E-state index < -0.39 is 0 Å². The number of thiol groups is 2. The zero-order chi connectivity index (χ0) is 13.5. The van der Waals surface area contributed by atoms with Gasteiger partial charge >= 0.3 is 0 Å². The first-order chi connectivity index (χ1) is 8.81. The second-order valence-corrected chi connectivity index (χ2v) is 6.67. The summed E-state index contributed by atoms with van der Waals surface area (Å²) in [5.41, 5.74) is 0. The van der Waals surface area contributed by atoms with Crippen LogP contribution in [0.3, 0.4) is 0 Å². The van der Waals surface area contributed by atoms with Gasteiger partial charge in [-0.05, 0) is 25.0 Å². The molecule has 0 nitrogen and oxygen atoms in total. The van der Waals surface area contributed by atoms with Crippen molar-refractivity contribution in [2.24, 2.45) is 0 Å². The van der Waals surface area contributed by atoms with E-state index in [-0.39, 0.29) is 0 Å². The van der Waals surface area contributed by atoms with Crippen LogP contribution in [0.2, 0.25) is 0 Å². The van der Waals surface area contributed by atoms with Crippen LogP contribution < -0.4 is 0 Å². The van der Waals surface area contributed by atoms with Crippen molar-refractivity contribution < 1.29 is 0 Å². The van der Waals surface area contributed by atoms with Crippen LogP contribution in [0, 0.1) is 0 Å². The van der Waals surface area contributed by atoms with E-state index >= 15 is 0 Å². The minimum Gasteiger partial charge on any atom is -0.179 e. The molecule has 0 aliphatic rings. The van der Waals surface area contributed by atoms with Crippen molar-refractivity contribution in [1.29, 1.82) is 0 Å². The summed E-state index contributed by atoms with van der Waals surface area (Å²) in [6.45, 7) is 2.25. The number of hydrogen-bond donors (Lipinski definition) is 2. The normalized spacial score (nSPS) is 12.8. The highest BCUT2D eigenvalue weighted by Crippen LogP contribution is 2.15. The highest BCUT2D eigenvalue weighted by Gasteiger charge is 2.00. The molecule has 0 N–H and O–H groups in total. The van der Waals surface area contributed by atoms with Gasteiger partial charge in [0.2, 0.25) is 0 Å². The van der Waals surface area contributed by atoms with Crippen molar-refractivity contribution in [3.8, 4) is 0 Å². The molecular weight excluding hydrogens is 256 g/mol. The largest absolute Gasteiger partial charge is 0.179 e.